The third-order valence-corrected chi connectivity index (χ3v) is 2.77. The Morgan fingerprint density at radius 2 is 1.83 bits per heavy atom. The van der Waals surface area contributed by atoms with Crippen molar-refractivity contribution in [1.29, 1.82) is 0 Å². The standard InChI is InChI=1S/C16H24N2O6/c1-16(2,3)24-15(20)18(4)11-9-12(14(19)22-6)17-13(10-11)23-8-7-21-5/h9-10H,7-8H2,1-6H3. The maximum atomic E-state index is 12.2. The first-order chi connectivity index (χ1) is 11.2. The molecule has 0 bridgehead atoms. The lowest BCUT2D eigenvalue weighted by atomic mass is 10.2. The van der Waals surface area contributed by atoms with Gasteiger partial charge in [0, 0.05) is 20.2 Å². The van der Waals surface area contributed by atoms with Gasteiger partial charge in [0.15, 0.2) is 5.69 Å². The highest BCUT2D eigenvalue weighted by Gasteiger charge is 2.22. The Bertz CT molecular complexity index is 582. The topological polar surface area (TPSA) is 87.2 Å². The molecule has 0 aliphatic rings. The molecule has 0 N–H and O–H groups in total. The Balaban J connectivity index is 3.08. The van der Waals surface area contributed by atoms with E-state index in [0.717, 1.165) is 0 Å². The van der Waals surface area contributed by atoms with Gasteiger partial charge in [0.1, 0.15) is 12.2 Å². The lowest BCUT2D eigenvalue weighted by molar-refractivity contribution is 0.0576. The molecule has 0 aliphatic carbocycles. The van der Waals surface area contributed by atoms with Crippen molar-refractivity contribution in [2.75, 3.05) is 39.4 Å². The quantitative estimate of drug-likeness (QED) is 0.580. The van der Waals surface area contributed by atoms with Crippen LogP contribution in [-0.2, 0) is 14.2 Å². The van der Waals surface area contributed by atoms with Gasteiger partial charge >= 0.3 is 12.1 Å². The van der Waals surface area contributed by atoms with Crippen LogP contribution in [-0.4, -0.2) is 57.1 Å². The zero-order chi connectivity index (χ0) is 18.3. The second-order valence-corrected chi connectivity index (χ2v) is 5.92. The van der Waals surface area contributed by atoms with E-state index in [4.69, 9.17) is 14.2 Å². The normalized spacial score (nSPS) is 10.9. The summed E-state index contributed by atoms with van der Waals surface area (Å²) in [6.45, 7) is 5.92. The number of hydrogen-bond acceptors (Lipinski definition) is 7. The monoisotopic (exact) mass is 340 g/mol. The maximum Gasteiger partial charge on any atom is 0.414 e. The summed E-state index contributed by atoms with van der Waals surface area (Å²) < 4.78 is 20.3. The molecule has 8 heteroatoms. The number of hydrogen-bond donors (Lipinski definition) is 0. The molecule has 1 heterocycles. The Kier molecular flexibility index (Phi) is 6.97. The van der Waals surface area contributed by atoms with Gasteiger partial charge in [0.2, 0.25) is 5.88 Å². The summed E-state index contributed by atoms with van der Waals surface area (Å²) in [6.07, 6.45) is -0.563. The number of carbonyl (C=O) groups is 2. The molecule has 0 atom stereocenters. The highest BCUT2D eigenvalue weighted by molar-refractivity contribution is 5.92. The highest BCUT2D eigenvalue weighted by atomic mass is 16.6. The van der Waals surface area contributed by atoms with Gasteiger partial charge in [-0.25, -0.2) is 14.6 Å². The van der Waals surface area contributed by atoms with E-state index in [0.29, 0.717) is 12.3 Å². The zero-order valence-corrected chi connectivity index (χ0v) is 14.9. The molecule has 1 rings (SSSR count). The van der Waals surface area contributed by atoms with Crippen molar-refractivity contribution in [3.63, 3.8) is 0 Å². The molecule has 0 saturated carbocycles. The van der Waals surface area contributed by atoms with E-state index in [-0.39, 0.29) is 18.2 Å². The Morgan fingerprint density at radius 1 is 1.17 bits per heavy atom. The smallest absolute Gasteiger partial charge is 0.414 e. The second-order valence-electron chi connectivity index (χ2n) is 5.92. The van der Waals surface area contributed by atoms with Gasteiger partial charge in [0.05, 0.1) is 19.4 Å². The van der Waals surface area contributed by atoms with Gasteiger partial charge in [-0.2, -0.15) is 0 Å². The molecule has 0 aliphatic heterocycles. The summed E-state index contributed by atoms with van der Waals surface area (Å²) in [5.74, 6) is -0.452. The van der Waals surface area contributed by atoms with Crippen molar-refractivity contribution in [1.82, 2.24) is 4.98 Å². The van der Waals surface area contributed by atoms with E-state index < -0.39 is 17.7 Å². The van der Waals surface area contributed by atoms with Crippen molar-refractivity contribution in [3.05, 3.63) is 17.8 Å². The van der Waals surface area contributed by atoms with Crippen LogP contribution >= 0.6 is 0 Å². The summed E-state index contributed by atoms with van der Waals surface area (Å²) in [5.41, 5.74) is -0.216. The first kappa shape index (κ1) is 19.7. The maximum absolute atomic E-state index is 12.2. The molecule has 1 amide bonds. The van der Waals surface area contributed by atoms with Crippen LogP contribution in [0.5, 0.6) is 5.88 Å². The van der Waals surface area contributed by atoms with Crippen LogP contribution in [0.1, 0.15) is 31.3 Å². The molecular weight excluding hydrogens is 316 g/mol. The van der Waals surface area contributed by atoms with E-state index in [1.54, 1.807) is 27.9 Å². The fourth-order valence-electron chi connectivity index (χ4n) is 1.63. The average molecular weight is 340 g/mol. The van der Waals surface area contributed by atoms with Gasteiger partial charge in [-0.05, 0) is 26.8 Å². The van der Waals surface area contributed by atoms with Crippen LogP contribution in [0.25, 0.3) is 0 Å². The van der Waals surface area contributed by atoms with Crippen molar-refractivity contribution >= 4 is 17.7 Å². The summed E-state index contributed by atoms with van der Waals surface area (Å²) >= 11 is 0. The van der Waals surface area contributed by atoms with Gasteiger partial charge in [-0.15, -0.1) is 0 Å². The Hall–Kier alpha value is -2.35. The van der Waals surface area contributed by atoms with E-state index >= 15 is 0 Å². The SMILES string of the molecule is COCCOc1cc(N(C)C(=O)OC(C)(C)C)cc(C(=O)OC)n1. The van der Waals surface area contributed by atoms with Gasteiger partial charge in [0.25, 0.3) is 0 Å². The lowest BCUT2D eigenvalue weighted by Gasteiger charge is -2.25. The molecule has 0 fully saturated rings. The van der Waals surface area contributed by atoms with E-state index in [1.165, 1.54) is 31.2 Å². The summed E-state index contributed by atoms with van der Waals surface area (Å²) in [4.78, 5) is 29.3. The minimum Gasteiger partial charge on any atom is -0.475 e. The number of pyridine rings is 1. The minimum atomic E-state index is -0.638. The fourth-order valence-corrected chi connectivity index (χ4v) is 1.63. The van der Waals surface area contributed by atoms with Crippen LogP contribution in [0.15, 0.2) is 12.1 Å². The third-order valence-electron chi connectivity index (χ3n) is 2.77. The summed E-state index contributed by atoms with van der Waals surface area (Å²) in [7, 11) is 4.33. The minimum absolute atomic E-state index is 0.0258. The number of esters is 1. The molecule has 24 heavy (non-hydrogen) atoms. The Labute approximate surface area is 141 Å². The summed E-state index contributed by atoms with van der Waals surface area (Å²) in [5, 5.41) is 0. The van der Waals surface area contributed by atoms with Crippen molar-refractivity contribution in [2.45, 2.75) is 26.4 Å². The predicted molar refractivity (Wildman–Crippen MR) is 87.6 cm³/mol. The third kappa shape index (κ3) is 6.04. The molecule has 8 nitrogen and oxygen atoms in total. The number of carbonyl (C=O) groups excluding carboxylic acids is 2. The van der Waals surface area contributed by atoms with Crippen molar-refractivity contribution < 1.29 is 28.5 Å². The Morgan fingerprint density at radius 3 is 2.38 bits per heavy atom. The number of amides is 1. The van der Waals surface area contributed by atoms with Crippen LogP contribution < -0.4 is 9.64 Å². The first-order valence-corrected chi connectivity index (χ1v) is 7.36. The summed E-state index contributed by atoms with van der Waals surface area (Å²) in [6, 6.07) is 2.96. The number of anilines is 1. The van der Waals surface area contributed by atoms with Gasteiger partial charge < -0.3 is 18.9 Å². The first-order valence-electron chi connectivity index (χ1n) is 7.36. The van der Waals surface area contributed by atoms with Crippen LogP contribution in [0.3, 0.4) is 0 Å². The average Bonchev–Trinajstić information content (AvgIpc) is 2.51. The predicted octanol–water partition coefficient (Wildman–Crippen LogP) is 2.26. The second kappa shape index (κ2) is 8.49. The van der Waals surface area contributed by atoms with Crippen LogP contribution in [0.2, 0.25) is 0 Å². The zero-order valence-electron chi connectivity index (χ0n) is 14.9. The van der Waals surface area contributed by atoms with Gasteiger partial charge in [-0.1, -0.05) is 0 Å². The van der Waals surface area contributed by atoms with Crippen molar-refractivity contribution in [2.24, 2.45) is 0 Å². The van der Waals surface area contributed by atoms with Crippen molar-refractivity contribution in [3.8, 4) is 5.88 Å². The molecule has 0 aromatic carbocycles. The fraction of sp³-hybridized carbons (Fsp3) is 0.562. The number of methoxy groups -OCH3 is 2. The van der Waals surface area contributed by atoms with Crippen LogP contribution in [0.4, 0.5) is 10.5 Å². The largest absolute Gasteiger partial charge is 0.475 e. The molecule has 0 saturated heterocycles. The van der Waals surface area contributed by atoms with E-state index in [2.05, 4.69) is 9.72 Å². The van der Waals surface area contributed by atoms with Gasteiger partial charge in [-0.3, -0.25) is 4.90 Å². The lowest BCUT2D eigenvalue weighted by Crippen LogP contribution is -2.34. The van der Waals surface area contributed by atoms with E-state index in [1.807, 2.05) is 0 Å². The van der Waals surface area contributed by atoms with Crippen LogP contribution in [0, 0.1) is 0 Å². The molecule has 0 spiro atoms. The molecule has 0 radical (unpaired) electrons. The number of ether oxygens (including phenoxy) is 4. The number of aromatic nitrogens is 1. The highest BCUT2D eigenvalue weighted by Crippen LogP contribution is 2.23. The molecule has 1 aromatic heterocycles. The van der Waals surface area contributed by atoms with E-state index in [9.17, 15) is 9.59 Å². The number of nitrogens with zero attached hydrogens (tertiary/aromatic N) is 2. The molecule has 134 valence electrons. The molecular formula is C16H24N2O6. The molecule has 0 unspecified atom stereocenters. The number of rotatable bonds is 6. The molecule has 1 aromatic rings.